The van der Waals surface area contributed by atoms with Crippen LogP contribution in [0.1, 0.15) is 12.0 Å². The van der Waals surface area contributed by atoms with Crippen LogP contribution in [0.2, 0.25) is 5.02 Å². The van der Waals surface area contributed by atoms with Gasteiger partial charge in [-0.3, -0.25) is 0 Å². The summed E-state index contributed by atoms with van der Waals surface area (Å²) in [5.74, 6) is 0. The minimum Gasteiger partial charge on any atom is -0.302 e. The van der Waals surface area contributed by atoms with Crippen molar-refractivity contribution in [2.45, 2.75) is 22.8 Å². The lowest BCUT2D eigenvalue weighted by atomic mass is 10.2. The van der Waals surface area contributed by atoms with Crippen LogP contribution in [0, 0.1) is 0 Å². The zero-order valence-electron chi connectivity index (χ0n) is 15.2. The summed E-state index contributed by atoms with van der Waals surface area (Å²) in [6.45, 7) is 1.70. The molecule has 6 nitrogen and oxygen atoms in total. The molecule has 0 aliphatic carbocycles. The Labute approximate surface area is 166 Å². The number of nitrogens with one attached hydrogen (secondary N) is 1. The molecule has 2 rings (SSSR count). The molecule has 0 atom stereocenters. The lowest BCUT2D eigenvalue weighted by Crippen LogP contribution is -2.28. The number of halogens is 1. The van der Waals surface area contributed by atoms with Gasteiger partial charge < -0.3 is 4.90 Å². The highest BCUT2D eigenvalue weighted by molar-refractivity contribution is 7.91. The van der Waals surface area contributed by atoms with Gasteiger partial charge in [0.15, 0.2) is 9.84 Å². The molecular formula is C18H23ClN2O4S2. The van der Waals surface area contributed by atoms with Crippen LogP contribution < -0.4 is 4.72 Å². The molecule has 27 heavy (non-hydrogen) atoms. The third-order valence-electron chi connectivity index (χ3n) is 3.92. The van der Waals surface area contributed by atoms with Crippen LogP contribution in [0.4, 0.5) is 0 Å². The van der Waals surface area contributed by atoms with Gasteiger partial charge in [-0.2, -0.15) is 0 Å². The standard InChI is InChI=1S/C18H23ClN2O4S2/c1-21(14-15-7-4-3-5-8-15)12-6-11-20-27(24,25)18-13-16(26(2,22)23)9-10-17(18)19/h3-5,7-10,13,20H,6,11-12,14H2,1-2H3. The van der Waals surface area contributed by atoms with Crippen LogP contribution in [0.3, 0.4) is 0 Å². The summed E-state index contributed by atoms with van der Waals surface area (Å²) in [5.41, 5.74) is 1.19. The lowest BCUT2D eigenvalue weighted by molar-refractivity contribution is 0.322. The van der Waals surface area contributed by atoms with Crippen molar-refractivity contribution in [1.82, 2.24) is 9.62 Å². The Hall–Kier alpha value is -1.45. The predicted octanol–water partition coefficient (Wildman–Crippen LogP) is 2.54. The van der Waals surface area contributed by atoms with Crippen LogP contribution in [-0.4, -0.2) is 48.1 Å². The number of sulfone groups is 1. The first kappa shape index (κ1) is 21.8. The van der Waals surface area contributed by atoms with E-state index in [1.165, 1.54) is 17.7 Å². The number of nitrogens with zero attached hydrogens (tertiary/aromatic N) is 1. The van der Waals surface area contributed by atoms with Gasteiger partial charge in [-0.1, -0.05) is 41.9 Å². The molecule has 148 valence electrons. The van der Waals surface area contributed by atoms with Gasteiger partial charge in [-0.15, -0.1) is 0 Å². The first-order valence-corrected chi connectivity index (χ1v) is 12.1. The van der Waals surface area contributed by atoms with Gasteiger partial charge in [0.25, 0.3) is 0 Å². The van der Waals surface area contributed by atoms with E-state index in [9.17, 15) is 16.8 Å². The van der Waals surface area contributed by atoms with Gasteiger partial charge in [0, 0.05) is 19.3 Å². The molecule has 0 aromatic heterocycles. The van der Waals surface area contributed by atoms with Crippen LogP contribution >= 0.6 is 11.6 Å². The summed E-state index contributed by atoms with van der Waals surface area (Å²) in [6, 6.07) is 13.6. The lowest BCUT2D eigenvalue weighted by Gasteiger charge is -2.17. The number of sulfonamides is 1. The van der Waals surface area contributed by atoms with Gasteiger partial charge in [-0.05, 0) is 43.8 Å². The van der Waals surface area contributed by atoms with Crippen molar-refractivity contribution < 1.29 is 16.8 Å². The molecular weight excluding hydrogens is 408 g/mol. The molecule has 0 saturated carbocycles. The van der Waals surface area contributed by atoms with E-state index < -0.39 is 19.9 Å². The zero-order valence-corrected chi connectivity index (χ0v) is 17.6. The van der Waals surface area contributed by atoms with Crippen molar-refractivity contribution in [2.24, 2.45) is 0 Å². The fourth-order valence-electron chi connectivity index (χ4n) is 2.53. The Balaban J connectivity index is 1.93. The highest BCUT2D eigenvalue weighted by Gasteiger charge is 2.20. The van der Waals surface area contributed by atoms with Crippen LogP contribution in [0.5, 0.6) is 0 Å². The monoisotopic (exact) mass is 430 g/mol. The fourth-order valence-corrected chi connectivity index (χ4v) is 4.85. The minimum absolute atomic E-state index is 0.0175. The largest absolute Gasteiger partial charge is 0.302 e. The van der Waals surface area contributed by atoms with E-state index in [1.807, 2.05) is 37.4 Å². The molecule has 0 heterocycles. The summed E-state index contributed by atoms with van der Waals surface area (Å²) in [4.78, 5) is 1.78. The van der Waals surface area contributed by atoms with E-state index >= 15 is 0 Å². The van der Waals surface area contributed by atoms with Crippen LogP contribution in [0.15, 0.2) is 58.3 Å². The first-order valence-electron chi connectivity index (χ1n) is 8.31. The van der Waals surface area contributed by atoms with Gasteiger partial charge in [0.1, 0.15) is 4.90 Å². The Morgan fingerprint density at radius 2 is 1.70 bits per heavy atom. The van der Waals surface area contributed by atoms with Gasteiger partial charge in [0.05, 0.1) is 9.92 Å². The molecule has 2 aromatic carbocycles. The molecule has 0 bridgehead atoms. The van der Waals surface area contributed by atoms with E-state index in [0.29, 0.717) is 13.0 Å². The summed E-state index contributed by atoms with van der Waals surface area (Å²) in [5, 5.41) is -0.0175. The Morgan fingerprint density at radius 1 is 1.04 bits per heavy atom. The van der Waals surface area contributed by atoms with E-state index in [4.69, 9.17) is 11.6 Å². The first-order chi connectivity index (χ1) is 12.6. The van der Waals surface area contributed by atoms with Crippen molar-refractivity contribution in [1.29, 1.82) is 0 Å². The maximum absolute atomic E-state index is 12.5. The number of benzene rings is 2. The second-order valence-corrected chi connectivity index (χ2v) is 10.5. The maximum Gasteiger partial charge on any atom is 0.242 e. The van der Waals surface area contributed by atoms with Crippen molar-refractivity contribution in [2.75, 3.05) is 26.4 Å². The average molecular weight is 431 g/mol. The summed E-state index contributed by atoms with van der Waals surface area (Å²) in [7, 11) is -5.46. The van der Waals surface area contributed by atoms with E-state index in [0.717, 1.165) is 18.9 Å². The highest BCUT2D eigenvalue weighted by Crippen LogP contribution is 2.24. The zero-order chi connectivity index (χ0) is 20.1. The quantitative estimate of drug-likeness (QED) is 0.618. The second kappa shape index (κ2) is 9.16. The smallest absolute Gasteiger partial charge is 0.242 e. The summed E-state index contributed by atoms with van der Waals surface area (Å²) >= 11 is 5.96. The molecule has 0 unspecified atom stereocenters. The third kappa shape index (κ3) is 6.58. The van der Waals surface area contributed by atoms with E-state index in [2.05, 4.69) is 9.62 Å². The Morgan fingerprint density at radius 3 is 2.33 bits per heavy atom. The maximum atomic E-state index is 12.5. The molecule has 0 aliphatic heterocycles. The Bertz CT molecular complexity index is 978. The number of hydrogen-bond acceptors (Lipinski definition) is 5. The van der Waals surface area contributed by atoms with Crippen LogP contribution in [-0.2, 0) is 26.4 Å². The molecule has 0 spiro atoms. The molecule has 0 amide bonds. The molecule has 1 N–H and O–H groups in total. The van der Waals surface area contributed by atoms with Gasteiger partial charge in [0.2, 0.25) is 10.0 Å². The van der Waals surface area contributed by atoms with Crippen molar-refractivity contribution in [3.05, 3.63) is 59.1 Å². The predicted molar refractivity (Wildman–Crippen MR) is 107 cm³/mol. The Kier molecular flexibility index (Phi) is 7.41. The van der Waals surface area contributed by atoms with Gasteiger partial charge in [-0.25, -0.2) is 21.6 Å². The van der Waals surface area contributed by atoms with E-state index in [-0.39, 0.29) is 21.4 Å². The van der Waals surface area contributed by atoms with Crippen molar-refractivity contribution >= 4 is 31.5 Å². The normalized spacial score (nSPS) is 12.4. The molecule has 9 heteroatoms. The average Bonchev–Trinajstić information content (AvgIpc) is 2.59. The highest BCUT2D eigenvalue weighted by atomic mass is 35.5. The fraction of sp³-hybridized carbons (Fsp3) is 0.333. The molecule has 2 aromatic rings. The molecule has 0 fully saturated rings. The second-order valence-electron chi connectivity index (χ2n) is 6.34. The van der Waals surface area contributed by atoms with Crippen molar-refractivity contribution in [3.63, 3.8) is 0 Å². The van der Waals surface area contributed by atoms with E-state index in [1.54, 1.807) is 0 Å². The molecule has 0 saturated heterocycles. The van der Waals surface area contributed by atoms with Crippen molar-refractivity contribution in [3.8, 4) is 0 Å². The third-order valence-corrected chi connectivity index (χ3v) is 6.98. The topological polar surface area (TPSA) is 83.6 Å². The summed E-state index contributed by atoms with van der Waals surface area (Å²) < 4.78 is 50.7. The molecule has 0 radical (unpaired) electrons. The SMILES string of the molecule is CN(CCCNS(=O)(=O)c1cc(S(C)(=O)=O)ccc1Cl)Cc1ccccc1. The minimum atomic E-state index is -3.90. The summed E-state index contributed by atoms with van der Waals surface area (Å²) in [6.07, 6.45) is 1.62. The van der Waals surface area contributed by atoms with Gasteiger partial charge >= 0.3 is 0 Å². The molecule has 0 aliphatic rings. The number of hydrogen-bond donors (Lipinski definition) is 1. The number of rotatable bonds is 9. The van der Waals surface area contributed by atoms with Crippen LogP contribution in [0.25, 0.3) is 0 Å².